The maximum Gasteiger partial charge on any atom is 0.343 e. The Hall–Kier alpha value is -2.16. The summed E-state index contributed by atoms with van der Waals surface area (Å²) >= 11 is 0. The predicted octanol–water partition coefficient (Wildman–Crippen LogP) is 7.93. The minimum absolute atomic E-state index is 0.344. The number of hydrogen-bond donors (Lipinski definition) is 0. The fourth-order valence-electron chi connectivity index (χ4n) is 5.84. The van der Waals surface area contributed by atoms with Crippen molar-refractivity contribution in [1.29, 1.82) is 0 Å². The van der Waals surface area contributed by atoms with Crippen LogP contribution in [-0.4, -0.2) is 5.97 Å². The molecular weight excluding hydrogens is 387 g/mol. The van der Waals surface area contributed by atoms with Gasteiger partial charge in [0, 0.05) is 0 Å². The maximum absolute atomic E-state index is 13.0. The molecule has 2 saturated carbocycles. The Bertz CT molecular complexity index is 826. The highest BCUT2D eigenvalue weighted by atomic mass is 19.1. The van der Waals surface area contributed by atoms with E-state index in [1.165, 1.54) is 94.0 Å². The lowest BCUT2D eigenvalue weighted by Crippen LogP contribution is -2.25. The van der Waals surface area contributed by atoms with Crippen molar-refractivity contribution in [3.63, 3.8) is 0 Å². The monoisotopic (exact) mass is 422 g/mol. The van der Waals surface area contributed by atoms with E-state index in [0.29, 0.717) is 17.2 Å². The Morgan fingerprint density at radius 3 is 2.00 bits per heavy atom. The molecule has 166 valence electrons. The molecule has 2 aliphatic rings. The Labute approximate surface area is 186 Å². The van der Waals surface area contributed by atoms with Crippen molar-refractivity contribution < 1.29 is 13.9 Å². The molecular formula is C28H35FO2. The van der Waals surface area contributed by atoms with E-state index in [1.807, 2.05) is 12.1 Å². The van der Waals surface area contributed by atoms with Gasteiger partial charge in [-0.15, -0.1) is 0 Å². The first kappa shape index (κ1) is 22.0. The van der Waals surface area contributed by atoms with Crippen molar-refractivity contribution in [1.82, 2.24) is 0 Å². The largest absolute Gasteiger partial charge is 0.423 e. The van der Waals surface area contributed by atoms with E-state index in [4.69, 9.17) is 4.74 Å². The van der Waals surface area contributed by atoms with Gasteiger partial charge in [-0.3, -0.25) is 0 Å². The Morgan fingerprint density at radius 2 is 1.42 bits per heavy atom. The molecule has 0 bridgehead atoms. The second-order valence-corrected chi connectivity index (χ2v) is 9.65. The molecule has 2 aliphatic carbocycles. The maximum atomic E-state index is 13.0. The van der Waals surface area contributed by atoms with Gasteiger partial charge in [-0.25, -0.2) is 9.18 Å². The number of esters is 1. The molecule has 0 spiro atoms. The summed E-state index contributed by atoms with van der Waals surface area (Å²) in [7, 11) is 0. The van der Waals surface area contributed by atoms with Gasteiger partial charge in [0.15, 0.2) is 0 Å². The molecule has 0 atom stereocenters. The van der Waals surface area contributed by atoms with Crippen LogP contribution in [0.2, 0.25) is 0 Å². The standard InChI is InChI=1S/C28H35FO2/c1-2-3-20-4-6-21(7-5-20)22-8-10-23(11-9-22)24-12-14-25(15-13-24)28(30)31-27-18-16-26(29)17-19-27/h12-23H,2-11H2,1H3. The first-order chi connectivity index (χ1) is 15.1. The summed E-state index contributed by atoms with van der Waals surface area (Å²) < 4.78 is 18.3. The Kier molecular flexibility index (Phi) is 7.42. The zero-order chi connectivity index (χ0) is 21.6. The van der Waals surface area contributed by atoms with E-state index < -0.39 is 5.97 Å². The van der Waals surface area contributed by atoms with Crippen LogP contribution in [0.3, 0.4) is 0 Å². The summed E-state index contributed by atoms with van der Waals surface area (Å²) in [6.45, 7) is 2.31. The van der Waals surface area contributed by atoms with Gasteiger partial charge in [0.05, 0.1) is 5.56 Å². The number of carbonyl (C=O) groups excluding carboxylic acids is 1. The van der Waals surface area contributed by atoms with Crippen molar-refractivity contribution in [2.75, 3.05) is 0 Å². The summed E-state index contributed by atoms with van der Waals surface area (Å²) in [6, 6.07) is 13.4. The summed E-state index contributed by atoms with van der Waals surface area (Å²) in [5.74, 6) is 3.09. The second-order valence-electron chi connectivity index (χ2n) is 9.65. The molecule has 0 aromatic heterocycles. The van der Waals surface area contributed by atoms with Crippen LogP contribution in [0.1, 0.15) is 93.0 Å². The van der Waals surface area contributed by atoms with Crippen LogP contribution >= 0.6 is 0 Å². The molecule has 0 radical (unpaired) electrons. The number of carbonyl (C=O) groups is 1. The number of ether oxygens (including phenoxy) is 1. The van der Waals surface area contributed by atoms with Crippen LogP contribution in [0.15, 0.2) is 48.5 Å². The second kappa shape index (κ2) is 10.4. The smallest absolute Gasteiger partial charge is 0.343 e. The molecule has 2 nitrogen and oxygen atoms in total. The van der Waals surface area contributed by atoms with Crippen LogP contribution in [-0.2, 0) is 0 Å². The number of hydrogen-bond acceptors (Lipinski definition) is 2. The van der Waals surface area contributed by atoms with Gasteiger partial charge < -0.3 is 4.74 Å². The van der Waals surface area contributed by atoms with Crippen molar-refractivity contribution in [2.45, 2.75) is 77.0 Å². The molecule has 3 heteroatoms. The molecule has 31 heavy (non-hydrogen) atoms. The predicted molar refractivity (Wildman–Crippen MR) is 123 cm³/mol. The lowest BCUT2D eigenvalue weighted by Gasteiger charge is -2.38. The van der Waals surface area contributed by atoms with E-state index >= 15 is 0 Å². The zero-order valence-electron chi connectivity index (χ0n) is 18.7. The third kappa shape index (κ3) is 5.75. The minimum Gasteiger partial charge on any atom is -0.423 e. The summed E-state index contributed by atoms with van der Waals surface area (Å²) in [6.07, 6.45) is 13.8. The minimum atomic E-state index is -0.402. The van der Waals surface area contributed by atoms with Gasteiger partial charge in [0.2, 0.25) is 0 Å². The van der Waals surface area contributed by atoms with Crippen LogP contribution < -0.4 is 4.74 Å². The zero-order valence-corrected chi connectivity index (χ0v) is 18.7. The molecule has 2 aromatic rings. The fraction of sp³-hybridized carbons (Fsp3) is 0.536. The van der Waals surface area contributed by atoms with Crippen molar-refractivity contribution >= 4 is 5.97 Å². The van der Waals surface area contributed by atoms with E-state index in [9.17, 15) is 9.18 Å². The highest BCUT2D eigenvalue weighted by Crippen LogP contribution is 2.44. The number of benzene rings is 2. The lowest BCUT2D eigenvalue weighted by atomic mass is 9.68. The van der Waals surface area contributed by atoms with Crippen molar-refractivity contribution in [3.05, 3.63) is 65.5 Å². The normalized spacial score (nSPS) is 26.4. The first-order valence-electron chi connectivity index (χ1n) is 12.2. The van der Waals surface area contributed by atoms with Gasteiger partial charge >= 0.3 is 5.97 Å². The van der Waals surface area contributed by atoms with Crippen LogP contribution in [0.25, 0.3) is 0 Å². The van der Waals surface area contributed by atoms with Gasteiger partial charge in [-0.2, -0.15) is 0 Å². The van der Waals surface area contributed by atoms with Crippen LogP contribution in [0, 0.1) is 23.6 Å². The topological polar surface area (TPSA) is 26.3 Å². The molecule has 0 saturated heterocycles. The third-order valence-corrected chi connectivity index (χ3v) is 7.67. The summed E-state index contributed by atoms with van der Waals surface area (Å²) in [5.41, 5.74) is 1.87. The van der Waals surface area contributed by atoms with Gasteiger partial charge in [0.1, 0.15) is 11.6 Å². The molecule has 0 amide bonds. The molecule has 2 aromatic carbocycles. The fourth-order valence-corrected chi connectivity index (χ4v) is 5.84. The summed E-state index contributed by atoms with van der Waals surface area (Å²) in [4.78, 5) is 12.4. The quantitative estimate of drug-likeness (QED) is 0.349. The highest BCUT2D eigenvalue weighted by molar-refractivity contribution is 5.91. The molecule has 0 heterocycles. The lowest BCUT2D eigenvalue weighted by molar-refractivity contribution is 0.0734. The SMILES string of the molecule is CCCC1CCC(C2CCC(c3ccc(C(=O)Oc4ccc(F)cc4)cc3)CC2)CC1. The molecule has 4 rings (SSSR count). The van der Waals surface area contributed by atoms with Crippen molar-refractivity contribution in [2.24, 2.45) is 17.8 Å². The molecule has 0 aliphatic heterocycles. The van der Waals surface area contributed by atoms with Gasteiger partial charge in [0.25, 0.3) is 0 Å². The first-order valence-corrected chi connectivity index (χ1v) is 12.2. The Balaban J connectivity index is 1.26. The van der Waals surface area contributed by atoms with Gasteiger partial charge in [-0.1, -0.05) is 44.7 Å². The van der Waals surface area contributed by atoms with Crippen LogP contribution in [0.4, 0.5) is 4.39 Å². The Morgan fingerprint density at radius 1 is 0.839 bits per heavy atom. The summed E-state index contributed by atoms with van der Waals surface area (Å²) in [5, 5.41) is 0. The molecule has 0 unspecified atom stereocenters. The van der Waals surface area contributed by atoms with E-state index in [1.54, 1.807) is 0 Å². The average molecular weight is 423 g/mol. The number of halogens is 1. The van der Waals surface area contributed by atoms with E-state index in [-0.39, 0.29) is 5.82 Å². The van der Waals surface area contributed by atoms with Crippen LogP contribution in [0.5, 0.6) is 5.75 Å². The van der Waals surface area contributed by atoms with E-state index in [2.05, 4.69) is 19.1 Å². The van der Waals surface area contributed by atoms with E-state index in [0.717, 1.165) is 17.8 Å². The molecule has 0 N–H and O–H groups in total. The third-order valence-electron chi connectivity index (χ3n) is 7.67. The van der Waals surface area contributed by atoms with Crippen molar-refractivity contribution in [3.8, 4) is 5.75 Å². The highest BCUT2D eigenvalue weighted by Gasteiger charge is 2.31. The average Bonchev–Trinajstić information content (AvgIpc) is 2.81. The number of rotatable bonds is 6. The molecule has 2 fully saturated rings. The van der Waals surface area contributed by atoms with Gasteiger partial charge in [-0.05, 0) is 104 Å².